The van der Waals surface area contributed by atoms with Gasteiger partial charge in [0.2, 0.25) is 10.0 Å². The molecule has 0 atom stereocenters. The first-order valence-corrected chi connectivity index (χ1v) is 8.15. The van der Waals surface area contributed by atoms with Crippen LogP contribution in [0.15, 0.2) is 29.2 Å². The summed E-state index contributed by atoms with van der Waals surface area (Å²) < 4.78 is 26.6. The lowest BCUT2D eigenvalue weighted by atomic mass is 9.92. The van der Waals surface area contributed by atoms with Gasteiger partial charge in [0.15, 0.2) is 0 Å². The molecule has 2 rings (SSSR count). The highest BCUT2D eigenvalue weighted by molar-refractivity contribution is 7.89. The molecule has 0 saturated heterocycles. The van der Waals surface area contributed by atoms with E-state index in [0.717, 1.165) is 31.2 Å². The molecule has 0 heterocycles. The van der Waals surface area contributed by atoms with Gasteiger partial charge in [0.1, 0.15) is 0 Å². The Morgan fingerprint density at radius 2 is 1.63 bits per heavy atom. The molecular formula is C14H22N2O2S. The van der Waals surface area contributed by atoms with Crippen molar-refractivity contribution < 1.29 is 8.42 Å². The Morgan fingerprint density at radius 1 is 1.11 bits per heavy atom. The molecule has 0 spiro atoms. The topological polar surface area (TPSA) is 63.4 Å². The maximum Gasteiger partial charge on any atom is 0.243 e. The zero-order chi connectivity index (χ0) is 14.0. The lowest BCUT2D eigenvalue weighted by Gasteiger charge is -2.32. The van der Waals surface area contributed by atoms with Crippen molar-refractivity contribution in [3.8, 4) is 0 Å². The molecule has 1 aliphatic carbocycles. The van der Waals surface area contributed by atoms with E-state index < -0.39 is 10.0 Å². The predicted molar refractivity (Wildman–Crippen MR) is 76.4 cm³/mol. The second kappa shape index (κ2) is 5.61. The number of nitrogens with two attached hydrogens (primary N) is 1. The van der Waals surface area contributed by atoms with E-state index >= 15 is 0 Å². The van der Waals surface area contributed by atoms with Crippen molar-refractivity contribution in [1.29, 1.82) is 0 Å². The van der Waals surface area contributed by atoms with Crippen molar-refractivity contribution in [3.05, 3.63) is 29.8 Å². The second-order valence-electron chi connectivity index (χ2n) is 5.40. The maximum atomic E-state index is 12.5. The number of sulfonamides is 1. The average Bonchev–Trinajstić information content (AvgIpc) is 2.39. The third-order valence-electron chi connectivity index (χ3n) is 3.95. The molecule has 0 bridgehead atoms. The van der Waals surface area contributed by atoms with Crippen LogP contribution in [0, 0.1) is 6.92 Å². The third kappa shape index (κ3) is 3.16. The zero-order valence-corrected chi connectivity index (χ0v) is 12.4. The maximum absolute atomic E-state index is 12.5. The number of nitrogens with zero attached hydrogens (tertiary/aromatic N) is 1. The number of hydrogen-bond donors (Lipinski definition) is 1. The zero-order valence-electron chi connectivity index (χ0n) is 11.5. The van der Waals surface area contributed by atoms with Gasteiger partial charge in [0, 0.05) is 19.1 Å². The molecule has 1 aliphatic rings. The highest BCUT2D eigenvalue weighted by atomic mass is 32.2. The van der Waals surface area contributed by atoms with Gasteiger partial charge in [0.05, 0.1) is 4.90 Å². The van der Waals surface area contributed by atoms with E-state index in [-0.39, 0.29) is 12.1 Å². The van der Waals surface area contributed by atoms with Crippen molar-refractivity contribution in [3.63, 3.8) is 0 Å². The van der Waals surface area contributed by atoms with Crippen molar-refractivity contribution >= 4 is 10.0 Å². The molecule has 0 aromatic heterocycles. The van der Waals surface area contributed by atoms with Crippen LogP contribution in [0.4, 0.5) is 0 Å². The van der Waals surface area contributed by atoms with Crippen LogP contribution in [0.25, 0.3) is 0 Å². The first-order valence-electron chi connectivity index (χ1n) is 6.71. The summed E-state index contributed by atoms with van der Waals surface area (Å²) in [4.78, 5) is 0.371. The first-order chi connectivity index (χ1) is 8.91. The van der Waals surface area contributed by atoms with Crippen LogP contribution in [0.2, 0.25) is 0 Å². The molecule has 4 nitrogen and oxygen atoms in total. The first kappa shape index (κ1) is 14.5. The smallest absolute Gasteiger partial charge is 0.243 e. The van der Waals surface area contributed by atoms with Gasteiger partial charge < -0.3 is 5.73 Å². The third-order valence-corrected chi connectivity index (χ3v) is 5.88. The predicted octanol–water partition coefficient (Wildman–Crippen LogP) is 1.89. The summed E-state index contributed by atoms with van der Waals surface area (Å²) in [5.41, 5.74) is 6.93. The normalized spacial score (nSPS) is 24.6. The second-order valence-corrected chi connectivity index (χ2v) is 7.40. The lowest BCUT2D eigenvalue weighted by Crippen LogP contribution is -2.41. The number of benzene rings is 1. The van der Waals surface area contributed by atoms with Gasteiger partial charge in [-0.1, -0.05) is 17.7 Å². The van der Waals surface area contributed by atoms with Crippen molar-refractivity contribution in [2.24, 2.45) is 5.73 Å². The molecule has 1 fully saturated rings. The van der Waals surface area contributed by atoms with Gasteiger partial charge >= 0.3 is 0 Å². The summed E-state index contributed by atoms with van der Waals surface area (Å²) in [5, 5.41) is 0. The molecule has 1 aromatic rings. The molecule has 5 heteroatoms. The average molecular weight is 282 g/mol. The molecule has 1 aromatic carbocycles. The van der Waals surface area contributed by atoms with E-state index in [1.54, 1.807) is 19.2 Å². The minimum atomic E-state index is -3.38. The van der Waals surface area contributed by atoms with Crippen LogP contribution >= 0.6 is 0 Å². The van der Waals surface area contributed by atoms with Gasteiger partial charge in [0.25, 0.3) is 0 Å². The molecule has 19 heavy (non-hydrogen) atoms. The minimum absolute atomic E-state index is 0.0751. The van der Waals surface area contributed by atoms with E-state index in [0.29, 0.717) is 4.90 Å². The van der Waals surface area contributed by atoms with E-state index in [1.165, 1.54) is 4.31 Å². The van der Waals surface area contributed by atoms with Crippen LogP contribution in [0.5, 0.6) is 0 Å². The summed E-state index contributed by atoms with van der Waals surface area (Å²) in [6, 6.07) is 7.32. The molecular weight excluding hydrogens is 260 g/mol. The molecule has 0 aliphatic heterocycles. The van der Waals surface area contributed by atoms with Crippen LogP contribution in [-0.4, -0.2) is 31.9 Å². The molecule has 0 amide bonds. The summed E-state index contributed by atoms with van der Waals surface area (Å²) in [5.74, 6) is 0. The molecule has 2 N–H and O–H groups in total. The highest BCUT2D eigenvalue weighted by Crippen LogP contribution is 2.26. The quantitative estimate of drug-likeness (QED) is 0.920. The SMILES string of the molecule is Cc1ccc(S(=O)(=O)N(C)C2CCC(N)CC2)cc1. The van der Waals surface area contributed by atoms with Gasteiger partial charge in [-0.2, -0.15) is 4.31 Å². The fourth-order valence-electron chi connectivity index (χ4n) is 2.54. The highest BCUT2D eigenvalue weighted by Gasteiger charge is 2.30. The summed E-state index contributed by atoms with van der Waals surface area (Å²) in [7, 11) is -1.70. The largest absolute Gasteiger partial charge is 0.328 e. The van der Waals surface area contributed by atoms with E-state index in [1.807, 2.05) is 19.1 Å². The van der Waals surface area contributed by atoms with Crippen molar-refractivity contribution in [1.82, 2.24) is 4.31 Å². The summed E-state index contributed by atoms with van der Waals surface area (Å²) >= 11 is 0. The van der Waals surface area contributed by atoms with Gasteiger partial charge in [-0.15, -0.1) is 0 Å². The number of aryl methyl sites for hydroxylation is 1. The fraction of sp³-hybridized carbons (Fsp3) is 0.571. The number of rotatable bonds is 3. The molecule has 0 unspecified atom stereocenters. The minimum Gasteiger partial charge on any atom is -0.328 e. The monoisotopic (exact) mass is 282 g/mol. The molecule has 1 saturated carbocycles. The van der Waals surface area contributed by atoms with Gasteiger partial charge in [-0.05, 0) is 44.7 Å². The lowest BCUT2D eigenvalue weighted by molar-refractivity contribution is 0.268. The Kier molecular flexibility index (Phi) is 4.28. The Bertz CT molecular complexity index is 517. The Morgan fingerprint density at radius 3 is 2.16 bits per heavy atom. The van der Waals surface area contributed by atoms with E-state index in [4.69, 9.17) is 5.73 Å². The van der Waals surface area contributed by atoms with Gasteiger partial charge in [-0.25, -0.2) is 8.42 Å². The Hall–Kier alpha value is -0.910. The standard InChI is InChI=1S/C14H22N2O2S/c1-11-3-9-14(10-4-11)19(17,18)16(2)13-7-5-12(15)6-8-13/h3-4,9-10,12-13H,5-8,15H2,1-2H3. The summed E-state index contributed by atoms with van der Waals surface area (Å²) in [6.07, 6.45) is 3.50. The van der Waals surface area contributed by atoms with E-state index in [2.05, 4.69) is 0 Å². The summed E-state index contributed by atoms with van der Waals surface area (Å²) in [6.45, 7) is 1.95. The van der Waals surface area contributed by atoms with Crippen molar-refractivity contribution in [2.45, 2.75) is 49.6 Å². The molecule has 106 valence electrons. The van der Waals surface area contributed by atoms with Crippen LogP contribution in [0.3, 0.4) is 0 Å². The van der Waals surface area contributed by atoms with Crippen molar-refractivity contribution in [2.75, 3.05) is 7.05 Å². The Balaban J connectivity index is 2.17. The molecule has 0 radical (unpaired) electrons. The van der Waals surface area contributed by atoms with E-state index in [9.17, 15) is 8.42 Å². The van der Waals surface area contributed by atoms with Gasteiger partial charge in [-0.3, -0.25) is 0 Å². The van der Waals surface area contributed by atoms with Crippen LogP contribution in [-0.2, 0) is 10.0 Å². The number of hydrogen-bond acceptors (Lipinski definition) is 3. The van der Waals surface area contributed by atoms with Crippen LogP contribution < -0.4 is 5.73 Å². The fourth-order valence-corrected chi connectivity index (χ4v) is 3.95. The Labute approximate surface area is 115 Å². The van der Waals surface area contributed by atoms with Crippen LogP contribution in [0.1, 0.15) is 31.2 Å².